The Kier molecular flexibility index (Phi) is 3.17. The van der Waals surface area contributed by atoms with Crippen molar-refractivity contribution in [2.24, 2.45) is 0 Å². The van der Waals surface area contributed by atoms with Crippen molar-refractivity contribution in [1.82, 2.24) is 5.32 Å². The SMILES string of the molecule is CNC(C1=CCCC1)c1ccccc1F. The average molecular weight is 205 g/mol. The van der Waals surface area contributed by atoms with Crippen molar-refractivity contribution in [3.63, 3.8) is 0 Å². The van der Waals surface area contributed by atoms with Gasteiger partial charge in [0, 0.05) is 5.56 Å². The number of benzene rings is 1. The molecule has 0 heterocycles. The van der Waals surface area contributed by atoms with E-state index in [2.05, 4.69) is 11.4 Å². The average Bonchev–Trinajstić information content (AvgIpc) is 2.75. The van der Waals surface area contributed by atoms with Crippen molar-refractivity contribution in [2.45, 2.75) is 25.3 Å². The van der Waals surface area contributed by atoms with Crippen LogP contribution in [-0.2, 0) is 0 Å². The molecule has 80 valence electrons. The molecule has 1 N–H and O–H groups in total. The summed E-state index contributed by atoms with van der Waals surface area (Å²) in [6.45, 7) is 0. The third-order valence-electron chi connectivity index (χ3n) is 2.95. The van der Waals surface area contributed by atoms with Gasteiger partial charge in [-0.25, -0.2) is 4.39 Å². The maximum absolute atomic E-state index is 13.6. The molecule has 1 nitrogen and oxygen atoms in total. The van der Waals surface area contributed by atoms with Gasteiger partial charge >= 0.3 is 0 Å². The summed E-state index contributed by atoms with van der Waals surface area (Å²) >= 11 is 0. The van der Waals surface area contributed by atoms with Crippen LogP contribution < -0.4 is 5.32 Å². The van der Waals surface area contributed by atoms with E-state index >= 15 is 0 Å². The fourth-order valence-electron chi connectivity index (χ4n) is 2.21. The molecule has 0 amide bonds. The van der Waals surface area contributed by atoms with Crippen LogP contribution in [0.15, 0.2) is 35.9 Å². The van der Waals surface area contributed by atoms with Crippen LogP contribution in [0.5, 0.6) is 0 Å². The fourth-order valence-corrected chi connectivity index (χ4v) is 2.21. The van der Waals surface area contributed by atoms with Crippen molar-refractivity contribution in [3.05, 3.63) is 47.3 Å². The van der Waals surface area contributed by atoms with E-state index in [0.717, 1.165) is 18.4 Å². The minimum atomic E-state index is -0.121. The van der Waals surface area contributed by atoms with Crippen molar-refractivity contribution >= 4 is 0 Å². The molecule has 0 fully saturated rings. The standard InChI is InChI=1S/C13H16FN/c1-15-13(10-6-2-3-7-10)11-8-4-5-9-12(11)14/h4-6,8-9,13,15H,2-3,7H2,1H3. The Morgan fingerprint density at radius 3 is 2.73 bits per heavy atom. The largest absolute Gasteiger partial charge is 0.310 e. The van der Waals surface area contributed by atoms with Gasteiger partial charge in [-0.1, -0.05) is 29.8 Å². The molecule has 0 saturated carbocycles. The van der Waals surface area contributed by atoms with Gasteiger partial charge in [-0.3, -0.25) is 0 Å². The number of halogens is 1. The van der Waals surface area contributed by atoms with Gasteiger partial charge in [-0.2, -0.15) is 0 Å². The predicted molar refractivity (Wildman–Crippen MR) is 60.1 cm³/mol. The molecule has 1 atom stereocenters. The van der Waals surface area contributed by atoms with Crippen LogP contribution in [0.1, 0.15) is 30.9 Å². The summed E-state index contributed by atoms with van der Waals surface area (Å²) in [6, 6.07) is 7.05. The summed E-state index contributed by atoms with van der Waals surface area (Å²) in [5, 5.41) is 3.19. The van der Waals surface area contributed by atoms with E-state index in [-0.39, 0.29) is 11.9 Å². The Balaban J connectivity index is 2.30. The molecule has 0 spiro atoms. The van der Waals surface area contributed by atoms with Gasteiger partial charge in [-0.05, 0) is 32.4 Å². The van der Waals surface area contributed by atoms with E-state index in [1.54, 1.807) is 6.07 Å². The first kappa shape index (κ1) is 10.4. The fraction of sp³-hybridized carbons (Fsp3) is 0.385. The van der Waals surface area contributed by atoms with Gasteiger partial charge in [0.1, 0.15) is 5.82 Å². The first-order valence-corrected chi connectivity index (χ1v) is 5.43. The van der Waals surface area contributed by atoms with Crippen LogP contribution in [0.25, 0.3) is 0 Å². The van der Waals surface area contributed by atoms with E-state index in [1.807, 2.05) is 19.2 Å². The van der Waals surface area contributed by atoms with Crippen LogP contribution in [-0.4, -0.2) is 7.05 Å². The highest BCUT2D eigenvalue weighted by molar-refractivity contribution is 5.30. The second-order valence-corrected chi connectivity index (χ2v) is 3.91. The summed E-state index contributed by atoms with van der Waals surface area (Å²) in [6.07, 6.45) is 5.64. The Morgan fingerprint density at radius 1 is 1.33 bits per heavy atom. The lowest BCUT2D eigenvalue weighted by molar-refractivity contribution is 0.566. The van der Waals surface area contributed by atoms with Crippen molar-refractivity contribution in [2.75, 3.05) is 7.05 Å². The quantitative estimate of drug-likeness (QED) is 0.747. The third kappa shape index (κ3) is 2.10. The summed E-state index contributed by atoms with van der Waals surface area (Å²) in [5.41, 5.74) is 2.08. The topological polar surface area (TPSA) is 12.0 Å². The van der Waals surface area contributed by atoms with Gasteiger partial charge in [0.05, 0.1) is 6.04 Å². The van der Waals surface area contributed by atoms with E-state index in [0.29, 0.717) is 0 Å². The molecule has 2 rings (SSSR count). The first-order chi connectivity index (χ1) is 7.33. The molecule has 0 bridgehead atoms. The van der Waals surface area contributed by atoms with Gasteiger partial charge < -0.3 is 5.32 Å². The number of likely N-dealkylation sites (N-methyl/N-ethyl adjacent to an activating group) is 1. The molecule has 1 aromatic carbocycles. The molecule has 15 heavy (non-hydrogen) atoms. The van der Waals surface area contributed by atoms with Crippen LogP contribution in [0.4, 0.5) is 4.39 Å². The maximum atomic E-state index is 13.6. The van der Waals surface area contributed by atoms with E-state index in [4.69, 9.17) is 0 Å². The van der Waals surface area contributed by atoms with E-state index in [9.17, 15) is 4.39 Å². The van der Waals surface area contributed by atoms with Crippen LogP contribution >= 0.6 is 0 Å². The Labute approximate surface area is 90.0 Å². The summed E-state index contributed by atoms with van der Waals surface area (Å²) in [4.78, 5) is 0. The second-order valence-electron chi connectivity index (χ2n) is 3.91. The lowest BCUT2D eigenvalue weighted by Gasteiger charge is -2.18. The number of hydrogen-bond donors (Lipinski definition) is 1. The zero-order chi connectivity index (χ0) is 10.7. The lowest BCUT2D eigenvalue weighted by atomic mass is 9.98. The third-order valence-corrected chi connectivity index (χ3v) is 2.95. The second kappa shape index (κ2) is 4.58. The van der Waals surface area contributed by atoms with Gasteiger partial charge in [0.2, 0.25) is 0 Å². The molecule has 1 aliphatic carbocycles. The minimum absolute atomic E-state index is 0.0497. The number of nitrogens with one attached hydrogen (secondary N) is 1. The first-order valence-electron chi connectivity index (χ1n) is 5.43. The predicted octanol–water partition coefficient (Wildman–Crippen LogP) is 3.20. The van der Waals surface area contributed by atoms with E-state index < -0.39 is 0 Å². The summed E-state index contributed by atoms with van der Waals surface area (Å²) in [5.74, 6) is -0.121. The molecule has 1 aromatic rings. The van der Waals surface area contributed by atoms with Gasteiger partial charge in [-0.15, -0.1) is 0 Å². The molecular formula is C13H16FN. The molecule has 0 aliphatic heterocycles. The smallest absolute Gasteiger partial charge is 0.128 e. The van der Waals surface area contributed by atoms with Crippen molar-refractivity contribution in [3.8, 4) is 0 Å². The molecule has 0 saturated heterocycles. The zero-order valence-corrected chi connectivity index (χ0v) is 8.96. The van der Waals surface area contributed by atoms with Crippen molar-refractivity contribution in [1.29, 1.82) is 0 Å². The van der Waals surface area contributed by atoms with Crippen LogP contribution in [0.2, 0.25) is 0 Å². The summed E-state index contributed by atoms with van der Waals surface area (Å²) in [7, 11) is 1.89. The molecule has 1 aliphatic rings. The summed E-state index contributed by atoms with van der Waals surface area (Å²) < 4.78 is 13.6. The van der Waals surface area contributed by atoms with Crippen molar-refractivity contribution < 1.29 is 4.39 Å². The highest BCUT2D eigenvalue weighted by Gasteiger charge is 2.19. The Bertz CT molecular complexity index is 371. The molecule has 0 radical (unpaired) electrons. The Morgan fingerprint density at radius 2 is 2.13 bits per heavy atom. The molecule has 1 unspecified atom stereocenters. The minimum Gasteiger partial charge on any atom is -0.310 e. The van der Waals surface area contributed by atoms with Gasteiger partial charge in [0.25, 0.3) is 0 Å². The highest BCUT2D eigenvalue weighted by atomic mass is 19.1. The normalized spacial score (nSPS) is 17.6. The highest BCUT2D eigenvalue weighted by Crippen LogP contribution is 2.31. The monoisotopic (exact) mass is 205 g/mol. The lowest BCUT2D eigenvalue weighted by Crippen LogP contribution is -2.19. The van der Waals surface area contributed by atoms with Crippen LogP contribution in [0.3, 0.4) is 0 Å². The number of hydrogen-bond acceptors (Lipinski definition) is 1. The molecular weight excluding hydrogens is 189 g/mol. The maximum Gasteiger partial charge on any atom is 0.128 e. The van der Waals surface area contributed by atoms with Gasteiger partial charge in [0.15, 0.2) is 0 Å². The number of rotatable bonds is 3. The Hall–Kier alpha value is -1.15. The molecule has 2 heteroatoms. The molecule has 0 aromatic heterocycles. The van der Waals surface area contributed by atoms with E-state index in [1.165, 1.54) is 18.1 Å². The zero-order valence-electron chi connectivity index (χ0n) is 8.96. The number of allylic oxidation sites excluding steroid dienone is 1. The van der Waals surface area contributed by atoms with Crippen LogP contribution in [0, 0.1) is 5.82 Å².